The first kappa shape index (κ1) is 17.1. The van der Waals surface area contributed by atoms with Gasteiger partial charge < -0.3 is 14.4 Å². The Kier molecular flexibility index (Phi) is 5.63. The van der Waals surface area contributed by atoms with Crippen molar-refractivity contribution in [2.24, 2.45) is 5.41 Å². The molecule has 2 atom stereocenters. The van der Waals surface area contributed by atoms with Crippen LogP contribution in [0.25, 0.3) is 0 Å². The number of amides is 1. The van der Waals surface area contributed by atoms with E-state index in [4.69, 9.17) is 9.47 Å². The average Bonchev–Trinajstić information content (AvgIpc) is 2.62. The molecule has 1 aromatic rings. The predicted molar refractivity (Wildman–Crippen MR) is 91.6 cm³/mol. The van der Waals surface area contributed by atoms with Crippen LogP contribution in [0, 0.1) is 5.41 Å². The lowest BCUT2D eigenvalue weighted by atomic mass is 9.73. The molecule has 0 saturated carbocycles. The predicted octanol–water partition coefficient (Wildman–Crippen LogP) is 2.22. The number of nitrogens with zero attached hydrogens (tertiary/aromatic N) is 2. The van der Waals surface area contributed by atoms with Crippen molar-refractivity contribution >= 4 is 5.91 Å². The SMILES string of the molecule is C=CCOCC12CCCOC1CCN(C(=O)Cc1ccccn1)C2. The summed E-state index contributed by atoms with van der Waals surface area (Å²) in [7, 11) is 0. The van der Waals surface area contributed by atoms with E-state index in [0.717, 1.165) is 38.1 Å². The normalized spacial score (nSPS) is 26.7. The highest BCUT2D eigenvalue weighted by Gasteiger charge is 2.47. The highest BCUT2D eigenvalue weighted by atomic mass is 16.5. The van der Waals surface area contributed by atoms with E-state index in [9.17, 15) is 4.79 Å². The van der Waals surface area contributed by atoms with E-state index in [1.165, 1.54) is 0 Å². The molecule has 130 valence electrons. The van der Waals surface area contributed by atoms with Crippen molar-refractivity contribution in [3.63, 3.8) is 0 Å². The molecule has 2 aliphatic heterocycles. The number of likely N-dealkylation sites (tertiary alicyclic amines) is 1. The first-order valence-electron chi connectivity index (χ1n) is 8.71. The summed E-state index contributed by atoms with van der Waals surface area (Å²) in [5.41, 5.74) is 0.737. The number of rotatable bonds is 6. The Morgan fingerprint density at radius 3 is 3.25 bits per heavy atom. The number of hydrogen-bond donors (Lipinski definition) is 0. The smallest absolute Gasteiger partial charge is 0.228 e. The molecule has 0 aromatic carbocycles. The summed E-state index contributed by atoms with van der Waals surface area (Å²) < 4.78 is 11.8. The zero-order valence-corrected chi connectivity index (χ0v) is 14.2. The van der Waals surface area contributed by atoms with Gasteiger partial charge in [0, 0.05) is 37.0 Å². The summed E-state index contributed by atoms with van der Waals surface area (Å²) in [6.45, 7) is 7.14. The molecule has 2 unspecified atom stereocenters. The number of fused-ring (bicyclic) bond motifs is 1. The van der Waals surface area contributed by atoms with Gasteiger partial charge in [-0.2, -0.15) is 0 Å². The average molecular weight is 330 g/mol. The number of hydrogen-bond acceptors (Lipinski definition) is 4. The standard InChI is InChI=1S/C19H26N2O3/c1-2-11-23-15-19-8-5-12-24-17(19)7-10-21(14-19)18(22)13-16-6-3-4-9-20-16/h2-4,6,9,17H,1,5,7-8,10-15H2. The van der Waals surface area contributed by atoms with Crippen LogP contribution in [0.3, 0.4) is 0 Å². The van der Waals surface area contributed by atoms with Crippen LogP contribution >= 0.6 is 0 Å². The Labute approximate surface area is 143 Å². The number of aromatic nitrogens is 1. The minimum atomic E-state index is -0.0840. The molecule has 5 nitrogen and oxygen atoms in total. The lowest BCUT2D eigenvalue weighted by Gasteiger charge is -2.50. The molecular weight excluding hydrogens is 304 g/mol. The largest absolute Gasteiger partial charge is 0.377 e. The molecular formula is C19H26N2O3. The fraction of sp³-hybridized carbons (Fsp3) is 0.579. The fourth-order valence-corrected chi connectivity index (χ4v) is 3.83. The molecule has 3 rings (SSSR count). The van der Waals surface area contributed by atoms with E-state index in [2.05, 4.69) is 11.6 Å². The van der Waals surface area contributed by atoms with Crippen molar-refractivity contribution in [3.05, 3.63) is 42.7 Å². The first-order valence-corrected chi connectivity index (χ1v) is 8.71. The molecule has 2 fully saturated rings. The van der Waals surface area contributed by atoms with E-state index < -0.39 is 0 Å². The molecule has 24 heavy (non-hydrogen) atoms. The number of piperidine rings is 1. The van der Waals surface area contributed by atoms with Gasteiger partial charge in [-0.05, 0) is 31.4 Å². The molecule has 0 radical (unpaired) electrons. The quantitative estimate of drug-likeness (QED) is 0.593. The molecule has 2 saturated heterocycles. The molecule has 2 aliphatic rings. The summed E-state index contributed by atoms with van der Waals surface area (Å²) in [6, 6.07) is 5.68. The second kappa shape index (κ2) is 7.90. The van der Waals surface area contributed by atoms with E-state index in [1.807, 2.05) is 23.1 Å². The topological polar surface area (TPSA) is 51.7 Å². The first-order chi connectivity index (χ1) is 11.7. The third-order valence-electron chi connectivity index (χ3n) is 5.02. The third kappa shape index (κ3) is 3.84. The summed E-state index contributed by atoms with van der Waals surface area (Å²) >= 11 is 0. The van der Waals surface area contributed by atoms with Crippen molar-refractivity contribution in [1.29, 1.82) is 0 Å². The molecule has 1 aromatic heterocycles. The van der Waals surface area contributed by atoms with E-state index in [1.54, 1.807) is 12.3 Å². The highest BCUT2D eigenvalue weighted by Crippen LogP contribution is 2.40. The number of pyridine rings is 1. The second-order valence-electron chi connectivity index (χ2n) is 6.73. The van der Waals surface area contributed by atoms with Crippen LogP contribution in [0.4, 0.5) is 0 Å². The van der Waals surface area contributed by atoms with Gasteiger partial charge in [-0.15, -0.1) is 6.58 Å². The number of carbonyl (C=O) groups is 1. The summed E-state index contributed by atoms with van der Waals surface area (Å²) in [5.74, 6) is 0.140. The zero-order valence-electron chi connectivity index (χ0n) is 14.2. The summed E-state index contributed by atoms with van der Waals surface area (Å²) in [4.78, 5) is 18.9. The molecule has 1 amide bonds. The van der Waals surface area contributed by atoms with Crippen LogP contribution in [0.1, 0.15) is 25.0 Å². The maximum Gasteiger partial charge on any atom is 0.228 e. The molecule has 0 N–H and O–H groups in total. The van der Waals surface area contributed by atoms with Gasteiger partial charge >= 0.3 is 0 Å². The number of ether oxygens (including phenoxy) is 2. The Balaban J connectivity index is 1.67. The Morgan fingerprint density at radius 1 is 1.54 bits per heavy atom. The van der Waals surface area contributed by atoms with Crippen LogP contribution in [-0.4, -0.2) is 54.8 Å². The van der Waals surface area contributed by atoms with Crippen molar-refractivity contribution in [2.75, 3.05) is 32.9 Å². The maximum atomic E-state index is 12.7. The fourth-order valence-electron chi connectivity index (χ4n) is 3.83. The minimum absolute atomic E-state index is 0.0840. The maximum absolute atomic E-state index is 12.7. The third-order valence-corrected chi connectivity index (χ3v) is 5.02. The lowest BCUT2D eigenvalue weighted by molar-refractivity contribution is -0.163. The lowest BCUT2D eigenvalue weighted by Crippen LogP contribution is -2.58. The van der Waals surface area contributed by atoms with Gasteiger partial charge in [0.25, 0.3) is 0 Å². The minimum Gasteiger partial charge on any atom is -0.377 e. The monoisotopic (exact) mass is 330 g/mol. The van der Waals surface area contributed by atoms with Crippen LogP contribution in [0.15, 0.2) is 37.1 Å². The van der Waals surface area contributed by atoms with Crippen molar-refractivity contribution in [2.45, 2.75) is 31.8 Å². The van der Waals surface area contributed by atoms with Gasteiger partial charge in [-0.1, -0.05) is 12.1 Å². The van der Waals surface area contributed by atoms with E-state index in [-0.39, 0.29) is 17.4 Å². The van der Waals surface area contributed by atoms with E-state index >= 15 is 0 Å². The van der Waals surface area contributed by atoms with E-state index in [0.29, 0.717) is 26.2 Å². The summed E-state index contributed by atoms with van der Waals surface area (Å²) in [6.07, 6.45) is 6.99. The molecule has 3 heterocycles. The molecule has 0 bridgehead atoms. The van der Waals surface area contributed by atoms with Crippen LogP contribution in [-0.2, 0) is 20.7 Å². The Morgan fingerprint density at radius 2 is 2.46 bits per heavy atom. The summed E-state index contributed by atoms with van der Waals surface area (Å²) in [5, 5.41) is 0. The van der Waals surface area contributed by atoms with Gasteiger partial charge in [0.1, 0.15) is 0 Å². The highest BCUT2D eigenvalue weighted by molar-refractivity contribution is 5.78. The second-order valence-corrected chi connectivity index (χ2v) is 6.73. The van der Waals surface area contributed by atoms with Gasteiger partial charge in [-0.3, -0.25) is 9.78 Å². The van der Waals surface area contributed by atoms with Gasteiger partial charge in [0.05, 0.1) is 25.7 Å². The van der Waals surface area contributed by atoms with Crippen LogP contribution < -0.4 is 0 Å². The van der Waals surface area contributed by atoms with Crippen molar-refractivity contribution in [3.8, 4) is 0 Å². The van der Waals surface area contributed by atoms with Crippen molar-refractivity contribution in [1.82, 2.24) is 9.88 Å². The zero-order chi connectivity index (χ0) is 16.8. The Bertz CT molecular complexity index is 563. The molecule has 5 heteroatoms. The van der Waals surface area contributed by atoms with Gasteiger partial charge in [-0.25, -0.2) is 0 Å². The Hall–Kier alpha value is -1.72. The molecule has 0 aliphatic carbocycles. The molecule has 0 spiro atoms. The van der Waals surface area contributed by atoms with Gasteiger partial charge in [0.2, 0.25) is 5.91 Å². The van der Waals surface area contributed by atoms with Crippen molar-refractivity contribution < 1.29 is 14.3 Å². The van der Waals surface area contributed by atoms with Crippen LogP contribution in [0.2, 0.25) is 0 Å². The van der Waals surface area contributed by atoms with Gasteiger partial charge in [0.15, 0.2) is 0 Å². The van der Waals surface area contributed by atoms with Crippen LogP contribution in [0.5, 0.6) is 0 Å². The number of carbonyl (C=O) groups excluding carboxylic acids is 1.